The maximum atomic E-state index is 5.79. The average Bonchev–Trinajstić information content (AvgIpc) is 2.77. The third-order valence-electron chi connectivity index (χ3n) is 3.09. The van der Waals surface area contributed by atoms with Crippen LogP contribution in [0.15, 0.2) is 30.5 Å². The number of aromatic amines is 1. The molecular formula is C15H21N3. The Kier molecular flexibility index (Phi) is 3.26. The second-order valence-electron chi connectivity index (χ2n) is 5.80. The molecule has 1 atom stereocenters. The standard InChI is InChI=1S/C15H21N3/c1-10(16)14-17-9-13(18-14)11-5-7-12(8-6-11)15(2,3)4/h5-10H,16H2,1-4H3,(H,17,18). The number of hydrogen-bond acceptors (Lipinski definition) is 2. The molecule has 0 fully saturated rings. The first-order chi connectivity index (χ1) is 8.38. The number of nitrogens with one attached hydrogen (secondary N) is 1. The van der Waals surface area contributed by atoms with Gasteiger partial charge < -0.3 is 10.7 Å². The zero-order valence-electron chi connectivity index (χ0n) is 11.5. The summed E-state index contributed by atoms with van der Waals surface area (Å²) in [4.78, 5) is 7.53. The van der Waals surface area contributed by atoms with Crippen LogP contribution in [0.1, 0.15) is 45.1 Å². The Morgan fingerprint density at radius 3 is 2.22 bits per heavy atom. The summed E-state index contributed by atoms with van der Waals surface area (Å²) in [6.07, 6.45) is 1.84. The second-order valence-corrected chi connectivity index (χ2v) is 5.80. The van der Waals surface area contributed by atoms with Crippen molar-refractivity contribution in [3.05, 3.63) is 41.9 Å². The van der Waals surface area contributed by atoms with Gasteiger partial charge in [-0.3, -0.25) is 0 Å². The van der Waals surface area contributed by atoms with Crippen molar-refractivity contribution < 1.29 is 0 Å². The van der Waals surface area contributed by atoms with E-state index in [1.807, 2.05) is 13.1 Å². The summed E-state index contributed by atoms with van der Waals surface area (Å²) < 4.78 is 0. The lowest BCUT2D eigenvalue weighted by molar-refractivity contribution is 0.590. The van der Waals surface area contributed by atoms with Crippen molar-refractivity contribution in [3.8, 4) is 11.3 Å². The number of nitrogens with two attached hydrogens (primary N) is 1. The Balaban J connectivity index is 2.29. The number of hydrogen-bond donors (Lipinski definition) is 2. The predicted octanol–water partition coefficient (Wildman–Crippen LogP) is 3.39. The summed E-state index contributed by atoms with van der Waals surface area (Å²) in [6, 6.07) is 8.52. The molecule has 0 radical (unpaired) electrons. The fourth-order valence-electron chi connectivity index (χ4n) is 1.86. The van der Waals surface area contributed by atoms with Crippen LogP contribution in [-0.2, 0) is 5.41 Å². The molecule has 1 aromatic heterocycles. The highest BCUT2D eigenvalue weighted by molar-refractivity contribution is 5.59. The van der Waals surface area contributed by atoms with Gasteiger partial charge in [-0.25, -0.2) is 4.98 Å². The van der Waals surface area contributed by atoms with Crippen LogP contribution < -0.4 is 5.73 Å². The van der Waals surface area contributed by atoms with Gasteiger partial charge in [-0.05, 0) is 23.5 Å². The molecule has 0 aliphatic carbocycles. The van der Waals surface area contributed by atoms with Gasteiger partial charge >= 0.3 is 0 Å². The number of imidazole rings is 1. The van der Waals surface area contributed by atoms with Gasteiger partial charge in [0.05, 0.1) is 17.9 Å². The maximum Gasteiger partial charge on any atom is 0.123 e. The Labute approximate surface area is 108 Å². The molecule has 0 saturated heterocycles. The Hall–Kier alpha value is -1.61. The predicted molar refractivity (Wildman–Crippen MR) is 75.3 cm³/mol. The number of H-pyrrole nitrogens is 1. The Morgan fingerprint density at radius 2 is 1.78 bits per heavy atom. The number of benzene rings is 1. The van der Waals surface area contributed by atoms with E-state index in [4.69, 9.17) is 5.73 Å². The number of nitrogens with zero attached hydrogens (tertiary/aromatic N) is 1. The summed E-state index contributed by atoms with van der Waals surface area (Å²) in [7, 11) is 0. The lowest BCUT2D eigenvalue weighted by atomic mass is 9.86. The van der Waals surface area contributed by atoms with Gasteiger partial charge in [0.2, 0.25) is 0 Å². The molecule has 1 unspecified atom stereocenters. The zero-order valence-corrected chi connectivity index (χ0v) is 11.5. The van der Waals surface area contributed by atoms with Gasteiger partial charge in [0.25, 0.3) is 0 Å². The molecule has 0 bridgehead atoms. The molecule has 1 aromatic carbocycles. The number of rotatable bonds is 2. The molecule has 0 amide bonds. The third kappa shape index (κ3) is 2.62. The molecule has 0 saturated carbocycles. The first kappa shape index (κ1) is 12.8. The first-order valence-electron chi connectivity index (χ1n) is 6.29. The monoisotopic (exact) mass is 243 g/mol. The molecule has 3 N–H and O–H groups in total. The Bertz CT molecular complexity index is 515. The highest BCUT2D eigenvalue weighted by atomic mass is 14.9. The van der Waals surface area contributed by atoms with Crippen LogP contribution in [-0.4, -0.2) is 9.97 Å². The lowest BCUT2D eigenvalue weighted by Gasteiger charge is -2.18. The highest BCUT2D eigenvalue weighted by Crippen LogP contribution is 2.25. The van der Waals surface area contributed by atoms with Gasteiger partial charge in [-0.2, -0.15) is 0 Å². The molecule has 0 spiro atoms. The molecule has 2 aromatic rings. The minimum absolute atomic E-state index is 0.0624. The molecule has 18 heavy (non-hydrogen) atoms. The van der Waals surface area contributed by atoms with E-state index in [-0.39, 0.29) is 11.5 Å². The lowest BCUT2D eigenvalue weighted by Crippen LogP contribution is -2.10. The molecule has 1 heterocycles. The highest BCUT2D eigenvalue weighted by Gasteiger charge is 2.13. The minimum Gasteiger partial charge on any atom is -0.341 e. The molecule has 0 aliphatic heterocycles. The van der Waals surface area contributed by atoms with E-state index >= 15 is 0 Å². The smallest absolute Gasteiger partial charge is 0.123 e. The van der Waals surface area contributed by atoms with E-state index in [9.17, 15) is 0 Å². The van der Waals surface area contributed by atoms with Crippen molar-refractivity contribution in [2.24, 2.45) is 5.73 Å². The second kappa shape index (κ2) is 4.58. The normalized spacial score (nSPS) is 13.6. The van der Waals surface area contributed by atoms with E-state index in [0.717, 1.165) is 17.1 Å². The molecule has 3 nitrogen and oxygen atoms in total. The fourth-order valence-corrected chi connectivity index (χ4v) is 1.86. The topological polar surface area (TPSA) is 54.7 Å². The van der Waals surface area contributed by atoms with Crippen molar-refractivity contribution in [2.45, 2.75) is 39.2 Å². The van der Waals surface area contributed by atoms with E-state index in [1.165, 1.54) is 5.56 Å². The van der Waals surface area contributed by atoms with Crippen molar-refractivity contribution in [2.75, 3.05) is 0 Å². The largest absolute Gasteiger partial charge is 0.341 e. The summed E-state index contributed by atoms with van der Waals surface area (Å²) in [5.41, 5.74) is 9.47. The third-order valence-corrected chi connectivity index (χ3v) is 3.09. The van der Waals surface area contributed by atoms with Crippen LogP contribution in [0.2, 0.25) is 0 Å². The van der Waals surface area contributed by atoms with Crippen molar-refractivity contribution in [3.63, 3.8) is 0 Å². The molecule has 3 heteroatoms. The van der Waals surface area contributed by atoms with Crippen LogP contribution in [0.25, 0.3) is 11.3 Å². The van der Waals surface area contributed by atoms with Gasteiger partial charge in [0.15, 0.2) is 0 Å². The molecule has 0 aliphatic rings. The summed E-state index contributed by atoms with van der Waals surface area (Å²) in [5, 5.41) is 0. The van der Waals surface area contributed by atoms with Gasteiger partial charge in [0.1, 0.15) is 5.82 Å². The maximum absolute atomic E-state index is 5.79. The van der Waals surface area contributed by atoms with Gasteiger partial charge in [0, 0.05) is 0 Å². The SMILES string of the molecule is CC(N)c1ncc(-c2ccc(C(C)(C)C)cc2)[nH]1. The van der Waals surface area contributed by atoms with Crippen LogP contribution in [0.5, 0.6) is 0 Å². The zero-order chi connectivity index (χ0) is 13.3. The van der Waals surface area contributed by atoms with Crippen LogP contribution in [0.4, 0.5) is 0 Å². The van der Waals surface area contributed by atoms with Gasteiger partial charge in [-0.1, -0.05) is 45.0 Å². The van der Waals surface area contributed by atoms with Crippen molar-refractivity contribution in [1.29, 1.82) is 0 Å². The van der Waals surface area contributed by atoms with Crippen LogP contribution >= 0.6 is 0 Å². The Morgan fingerprint density at radius 1 is 1.17 bits per heavy atom. The van der Waals surface area contributed by atoms with E-state index in [1.54, 1.807) is 0 Å². The van der Waals surface area contributed by atoms with Gasteiger partial charge in [-0.15, -0.1) is 0 Å². The van der Waals surface area contributed by atoms with Crippen molar-refractivity contribution >= 4 is 0 Å². The molecule has 96 valence electrons. The summed E-state index contributed by atoms with van der Waals surface area (Å²) in [6.45, 7) is 8.57. The summed E-state index contributed by atoms with van der Waals surface area (Å²) in [5.74, 6) is 0.824. The quantitative estimate of drug-likeness (QED) is 0.849. The van der Waals surface area contributed by atoms with E-state index in [2.05, 4.69) is 55.0 Å². The number of aromatic nitrogens is 2. The average molecular weight is 243 g/mol. The summed E-state index contributed by atoms with van der Waals surface area (Å²) >= 11 is 0. The van der Waals surface area contributed by atoms with Crippen molar-refractivity contribution in [1.82, 2.24) is 9.97 Å². The fraction of sp³-hybridized carbons (Fsp3) is 0.400. The minimum atomic E-state index is -0.0624. The van der Waals surface area contributed by atoms with E-state index in [0.29, 0.717) is 0 Å². The molecular weight excluding hydrogens is 222 g/mol. The first-order valence-corrected chi connectivity index (χ1v) is 6.29. The van der Waals surface area contributed by atoms with Crippen LogP contribution in [0, 0.1) is 0 Å². The molecule has 2 rings (SSSR count). The van der Waals surface area contributed by atoms with E-state index < -0.39 is 0 Å². The van der Waals surface area contributed by atoms with Crippen LogP contribution in [0.3, 0.4) is 0 Å².